The van der Waals surface area contributed by atoms with Crippen LogP contribution in [0.15, 0.2) is 66.7 Å². The number of benzene rings is 3. The van der Waals surface area contributed by atoms with Gasteiger partial charge in [-0.05, 0) is 60.5 Å². The van der Waals surface area contributed by atoms with E-state index in [2.05, 4.69) is 40.0 Å². The van der Waals surface area contributed by atoms with Crippen LogP contribution in [0.4, 0.5) is 5.69 Å². The summed E-state index contributed by atoms with van der Waals surface area (Å²) in [5.74, 6) is 0.819. The predicted molar refractivity (Wildman–Crippen MR) is 126 cm³/mol. The van der Waals surface area contributed by atoms with Gasteiger partial charge in [0.15, 0.2) is 0 Å². The Kier molecular flexibility index (Phi) is 6.46. The Bertz CT molecular complexity index is 1120. The molecule has 0 unspecified atom stereocenters. The summed E-state index contributed by atoms with van der Waals surface area (Å²) in [5, 5.41) is 2.44. The fourth-order valence-corrected chi connectivity index (χ4v) is 5.20. The van der Waals surface area contributed by atoms with Gasteiger partial charge in [0, 0.05) is 37.9 Å². The van der Waals surface area contributed by atoms with E-state index in [1.54, 1.807) is 0 Å². The van der Waals surface area contributed by atoms with Gasteiger partial charge in [-0.3, -0.25) is 0 Å². The Balaban J connectivity index is 1.32. The molecule has 1 aliphatic heterocycles. The van der Waals surface area contributed by atoms with Gasteiger partial charge in [-0.1, -0.05) is 36.4 Å². The second-order valence-corrected chi connectivity index (χ2v) is 9.83. The van der Waals surface area contributed by atoms with Crippen LogP contribution in [0.1, 0.15) is 19.4 Å². The van der Waals surface area contributed by atoms with Crippen LogP contribution in [0.3, 0.4) is 0 Å². The average molecular weight is 440 g/mol. The van der Waals surface area contributed by atoms with E-state index in [0.717, 1.165) is 17.0 Å². The predicted octanol–water partition coefficient (Wildman–Crippen LogP) is 3.78. The van der Waals surface area contributed by atoms with Gasteiger partial charge in [0.1, 0.15) is 12.4 Å². The number of piperazine rings is 1. The Morgan fingerprint density at radius 3 is 2.26 bits per heavy atom. The number of ether oxygens (including phenoxy) is 1. The van der Waals surface area contributed by atoms with Crippen molar-refractivity contribution in [2.45, 2.75) is 26.5 Å². The van der Waals surface area contributed by atoms with Gasteiger partial charge in [0.05, 0.1) is 0 Å². The molecule has 6 nitrogen and oxygen atoms in total. The van der Waals surface area contributed by atoms with E-state index in [0.29, 0.717) is 32.8 Å². The second-order valence-electron chi connectivity index (χ2n) is 8.13. The number of hydrogen-bond acceptors (Lipinski definition) is 4. The highest BCUT2D eigenvalue weighted by Gasteiger charge is 2.27. The maximum atomic E-state index is 12.3. The van der Waals surface area contributed by atoms with E-state index in [-0.39, 0.29) is 6.04 Å². The van der Waals surface area contributed by atoms with Crippen molar-refractivity contribution >= 4 is 26.7 Å². The normalized spacial score (nSPS) is 15.5. The molecule has 0 bridgehead atoms. The first-order valence-electron chi connectivity index (χ1n) is 10.6. The van der Waals surface area contributed by atoms with E-state index < -0.39 is 10.2 Å². The van der Waals surface area contributed by atoms with E-state index in [1.807, 2.05) is 50.2 Å². The SMILES string of the molecule is CC(C)NS(=O)(=O)N1CCN(c2ccc(OCc3ccc4ccccc4c3)cc2)CC1. The Morgan fingerprint density at radius 1 is 0.903 bits per heavy atom. The molecule has 3 aromatic rings. The van der Waals surface area contributed by atoms with Crippen molar-refractivity contribution in [1.29, 1.82) is 0 Å². The lowest BCUT2D eigenvalue weighted by molar-refractivity contribution is 0.306. The van der Waals surface area contributed by atoms with Gasteiger partial charge in [0.25, 0.3) is 10.2 Å². The summed E-state index contributed by atoms with van der Waals surface area (Å²) in [5.41, 5.74) is 2.21. The molecule has 4 rings (SSSR count). The van der Waals surface area contributed by atoms with Crippen LogP contribution in [-0.2, 0) is 16.8 Å². The minimum Gasteiger partial charge on any atom is -0.489 e. The molecule has 0 aliphatic carbocycles. The van der Waals surface area contributed by atoms with Crippen LogP contribution in [-0.4, -0.2) is 44.9 Å². The number of nitrogens with one attached hydrogen (secondary N) is 1. The largest absolute Gasteiger partial charge is 0.489 e. The van der Waals surface area contributed by atoms with E-state index in [9.17, 15) is 8.42 Å². The highest BCUT2D eigenvalue weighted by Crippen LogP contribution is 2.23. The lowest BCUT2D eigenvalue weighted by Gasteiger charge is -2.35. The molecule has 1 heterocycles. The number of rotatable bonds is 7. The Morgan fingerprint density at radius 2 is 1.58 bits per heavy atom. The second kappa shape index (κ2) is 9.26. The summed E-state index contributed by atoms with van der Waals surface area (Å²) in [6, 6.07) is 22.6. The van der Waals surface area contributed by atoms with Crippen molar-refractivity contribution in [3.05, 3.63) is 72.3 Å². The molecule has 1 fully saturated rings. The van der Waals surface area contributed by atoms with Crippen molar-refractivity contribution in [3.63, 3.8) is 0 Å². The zero-order chi connectivity index (χ0) is 21.8. The molecule has 31 heavy (non-hydrogen) atoms. The van der Waals surface area contributed by atoms with Crippen molar-refractivity contribution in [2.24, 2.45) is 0 Å². The molecule has 0 amide bonds. The smallest absolute Gasteiger partial charge is 0.279 e. The van der Waals surface area contributed by atoms with Gasteiger partial charge in [-0.2, -0.15) is 17.4 Å². The summed E-state index contributed by atoms with van der Waals surface area (Å²) in [4.78, 5) is 2.20. The van der Waals surface area contributed by atoms with E-state index in [1.165, 1.54) is 15.1 Å². The molecule has 7 heteroatoms. The van der Waals surface area contributed by atoms with E-state index >= 15 is 0 Å². The van der Waals surface area contributed by atoms with Gasteiger partial charge in [0.2, 0.25) is 0 Å². The lowest BCUT2D eigenvalue weighted by atomic mass is 10.1. The summed E-state index contributed by atoms with van der Waals surface area (Å²) >= 11 is 0. The maximum absolute atomic E-state index is 12.3. The molecule has 164 valence electrons. The number of anilines is 1. The van der Waals surface area contributed by atoms with Crippen molar-refractivity contribution in [3.8, 4) is 5.75 Å². The first kappa shape index (κ1) is 21.6. The third-order valence-corrected chi connectivity index (χ3v) is 7.20. The topological polar surface area (TPSA) is 61.9 Å². The third-order valence-electron chi connectivity index (χ3n) is 5.38. The molecule has 1 saturated heterocycles. The highest BCUT2D eigenvalue weighted by molar-refractivity contribution is 7.87. The molecule has 0 atom stereocenters. The fraction of sp³-hybridized carbons (Fsp3) is 0.333. The quantitative estimate of drug-likeness (QED) is 0.609. The van der Waals surface area contributed by atoms with Crippen LogP contribution in [0, 0.1) is 0 Å². The minimum absolute atomic E-state index is 0.106. The molecule has 0 saturated carbocycles. The summed E-state index contributed by atoms with van der Waals surface area (Å²) in [7, 11) is -3.41. The molecule has 0 spiro atoms. The first-order chi connectivity index (χ1) is 14.9. The average Bonchev–Trinajstić information content (AvgIpc) is 2.77. The van der Waals surface area contributed by atoms with Crippen molar-refractivity contribution < 1.29 is 13.2 Å². The van der Waals surface area contributed by atoms with Crippen LogP contribution in [0.5, 0.6) is 5.75 Å². The third kappa shape index (κ3) is 5.36. The number of nitrogens with zero attached hydrogens (tertiary/aromatic N) is 2. The van der Waals surface area contributed by atoms with Crippen molar-refractivity contribution in [1.82, 2.24) is 9.03 Å². The highest BCUT2D eigenvalue weighted by atomic mass is 32.2. The molecular formula is C24H29N3O3S. The van der Waals surface area contributed by atoms with Gasteiger partial charge < -0.3 is 9.64 Å². The monoisotopic (exact) mass is 439 g/mol. The van der Waals surface area contributed by atoms with Gasteiger partial charge in [-0.25, -0.2) is 0 Å². The van der Waals surface area contributed by atoms with E-state index in [4.69, 9.17) is 4.74 Å². The molecule has 1 aliphatic rings. The first-order valence-corrected chi connectivity index (χ1v) is 12.1. The van der Waals surface area contributed by atoms with Gasteiger partial charge in [-0.15, -0.1) is 0 Å². The molecule has 0 aromatic heterocycles. The minimum atomic E-state index is -3.41. The maximum Gasteiger partial charge on any atom is 0.279 e. The summed E-state index contributed by atoms with van der Waals surface area (Å²) < 4.78 is 34.8. The Hall–Kier alpha value is -2.61. The zero-order valence-corrected chi connectivity index (χ0v) is 18.8. The number of hydrogen-bond donors (Lipinski definition) is 1. The lowest BCUT2D eigenvalue weighted by Crippen LogP contribution is -2.53. The van der Waals surface area contributed by atoms with Crippen LogP contribution < -0.4 is 14.4 Å². The standard InChI is InChI=1S/C24H29N3O3S/c1-19(2)25-31(28,29)27-15-13-26(14-16-27)23-9-11-24(12-10-23)30-18-20-7-8-21-5-3-4-6-22(21)17-20/h3-12,17,19,25H,13-16,18H2,1-2H3. The Labute approximate surface area is 184 Å². The number of fused-ring (bicyclic) bond motifs is 1. The van der Waals surface area contributed by atoms with Gasteiger partial charge >= 0.3 is 0 Å². The molecule has 3 aromatic carbocycles. The van der Waals surface area contributed by atoms with Crippen LogP contribution in [0.2, 0.25) is 0 Å². The van der Waals surface area contributed by atoms with Crippen molar-refractivity contribution in [2.75, 3.05) is 31.1 Å². The summed E-state index contributed by atoms with van der Waals surface area (Å²) in [6.07, 6.45) is 0. The van der Waals surface area contributed by atoms with Crippen LogP contribution in [0.25, 0.3) is 10.8 Å². The molecular weight excluding hydrogens is 410 g/mol. The van der Waals surface area contributed by atoms with Crippen LogP contribution >= 0.6 is 0 Å². The zero-order valence-electron chi connectivity index (χ0n) is 18.0. The fourth-order valence-electron chi connectivity index (χ4n) is 3.81. The molecule has 0 radical (unpaired) electrons. The summed E-state index contributed by atoms with van der Waals surface area (Å²) in [6.45, 7) is 6.45. The molecule has 1 N–H and O–H groups in total.